The van der Waals surface area contributed by atoms with E-state index < -0.39 is 0 Å². The summed E-state index contributed by atoms with van der Waals surface area (Å²) < 4.78 is 5.70. The van der Waals surface area contributed by atoms with Gasteiger partial charge >= 0.3 is 0 Å². The molecule has 1 amide bonds. The van der Waals surface area contributed by atoms with Gasteiger partial charge in [0.15, 0.2) is 0 Å². The van der Waals surface area contributed by atoms with Gasteiger partial charge in [-0.15, -0.1) is 12.4 Å². The Kier molecular flexibility index (Phi) is 5.64. The lowest BCUT2D eigenvalue weighted by Crippen LogP contribution is -2.49. The molecule has 0 spiro atoms. The molecule has 0 radical (unpaired) electrons. The predicted molar refractivity (Wildman–Crippen MR) is 96.0 cm³/mol. The van der Waals surface area contributed by atoms with E-state index in [-0.39, 0.29) is 18.3 Å². The van der Waals surface area contributed by atoms with Gasteiger partial charge in [0, 0.05) is 50.9 Å². The van der Waals surface area contributed by atoms with Gasteiger partial charge in [-0.05, 0) is 18.9 Å². The van der Waals surface area contributed by atoms with Gasteiger partial charge in [-0.25, -0.2) is 0 Å². The van der Waals surface area contributed by atoms with E-state index in [0.29, 0.717) is 18.6 Å². The van der Waals surface area contributed by atoms with Crippen molar-refractivity contribution in [3.63, 3.8) is 0 Å². The maximum atomic E-state index is 13.0. The van der Waals surface area contributed by atoms with Crippen LogP contribution in [0, 0.1) is 0 Å². The number of likely N-dealkylation sites (tertiary alicyclic amines) is 1. The van der Waals surface area contributed by atoms with Gasteiger partial charge in [-0.3, -0.25) is 9.69 Å². The van der Waals surface area contributed by atoms with Crippen LogP contribution in [0.1, 0.15) is 24.3 Å². The summed E-state index contributed by atoms with van der Waals surface area (Å²) in [4.78, 5) is 17.7. The highest BCUT2D eigenvalue weighted by Crippen LogP contribution is 2.35. The molecule has 5 nitrogen and oxygen atoms in total. The monoisotopic (exact) mass is 351 g/mol. The molecule has 2 unspecified atom stereocenters. The highest BCUT2D eigenvalue weighted by molar-refractivity contribution is 5.85. The van der Waals surface area contributed by atoms with E-state index in [0.717, 1.165) is 63.4 Å². The number of piperazine rings is 1. The standard InChI is InChI=1S/C18H25N3O2.ClH/c22-18(16-6-12-23-17-4-2-1-3-15(16)17)21-9-5-14(13-21)20-10-7-19-8-11-20;/h1-4,14,16,19H,5-13H2;1H. The Morgan fingerprint density at radius 3 is 2.75 bits per heavy atom. The van der Waals surface area contributed by atoms with Crippen molar-refractivity contribution in [1.82, 2.24) is 15.1 Å². The summed E-state index contributed by atoms with van der Waals surface area (Å²) >= 11 is 0. The maximum absolute atomic E-state index is 13.0. The van der Waals surface area contributed by atoms with Crippen molar-refractivity contribution in [2.45, 2.75) is 24.8 Å². The van der Waals surface area contributed by atoms with E-state index in [1.54, 1.807) is 0 Å². The Labute approximate surface area is 149 Å². The molecule has 2 saturated heterocycles. The number of amides is 1. The molecule has 2 atom stereocenters. The summed E-state index contributed by atoms with van der Waals surface area (Å²) in [6, 6.07) is 8.53. The number of ether oxygens (including phenoxy) is 1. The second-order valence-electron chi connectivity index (χ2n) is 6.74. The Morgan fingerprint density at radius 2 is 1.92 bits per heavy atom. The summed E-state index contributed by atoms with van der Waals surface area (Å²) in [5.74, 6) is 1.15. The molecular formula is C18H26ClN3O2. The largest absolute Gasteiger partial charge is 0.493 e. The number of hydrogen-bond donors (Lipinski definition) is 1. The normalized spacial score (nSPS) is 27.1. The van der Waals surface area contributed by atoms with Crippen LogP contribution >= 0.6 is 12.4 Å². The lowest BCUT2D eigenvalue weighted by molar-refractivity contribution is -0.132. The number of fused-ring (bicyclic) bond motifs is 1. The molecule has 0 saturated carbocycles. The zero-order valence-corrected chi connectivity index (χ0v) is 14.8. The Morgan fingerprint density at radius 1 is 1.12 bits per heavy atom. The van der Waals surface area contributed by atoms with Crippen molar-refractivity contribution in [2.24, 2.45) is 0 Å². The van der Waals surface area contributed by atoms with Gasteiger partial charge in [-0.1, -0.05) is 18.2 Å². The summed E-state index contributed by atoms with van der Waals surface area (Å²) in [5.41, 5.74) is 1.06. The molecule has 2 fully saturated rings. The molecule has 4 rings (SSSR count). The van der Waals surface area contributed by atoms with Crippen LogP contribution in [0.15, 0.2) is 24.3 Å². The van der Waals surface area contributed by atoms with Gasteiger partial charge in [0.1, 0.15) is 5.75 Å². The molecule has 3 aliphatic rings. The van der Waals surface area contributed by atoms with E-state index in [4.69, 9.17) is 4.74 Å². The fraction of sp³-hybridized carbons (Fsp3) is 0.611. The van der Waals surface area contributed by atoms with E-state index >= 15 is 0 Å². The summed E-state index contributed by atoms with van der Waals surface area (Å²) in [6.45, 7) is 6.77. The van der Waals surface area contributed by atoms with Crippen molar-refractivity contribution >= 4 is 18.3 Å². The predicted octanol–water partition coefficient (Wildman–Crippen LogP) is 1.48. The maximum Gasteiger partial charge on any atom is 0.230 e. The number of rotatable bonds is 2. The van der Waals surface area contributed by atoms with Gasteiger partial charge in [0.2, 0.25) is 5.91 Å². The molecule has 0 bridgehead atoms. The van der Waals surface area contributed by atoms with E-state index in [2.05, 4.69) is 15.1 Å². The van der Waals surface area contributed by atoms with Crippen LogP contribution in [0.25, 0.3) is 0 Å². The van der Waals surface area contributed by atoms with Gasteiger partial charge in [-0.2, -0.15) is 0 Å². The average Bonchev–Trinajstić information content (AvgIpc) is 3.11. The highest BCUT2D eigenvalue weighted by Gasteiger charge is 2.36. The van der Waals surface area contributed by atoms with E-state index in [9.17, 15) is 4.79 Å². The van der Waals surface area contributed by atoms with Crippen LogP contribution in [0.3, 0.4) is 0 Å². The van der Waals surface area contributed by atoms with Crippen molar-refractivity contribution in [3.05, 3.63) is 29.8 Å². The van der Waals surface area contributed by atoms with Crippen molar-refractivity contribution in [2.75, 3.05) is 45.9 Å². The van der Waals surface area contributed by atoms with Gasteiger partial charge in [0.25, 0.3) is 0 Å². The van der Waals surface area contributed by atoms with Crippen LogP contribution in [0.4, 0.5) is 0 Å². The third kappa shape index (κ3) is 3.39. The average molecular weight is 352 g/mol. The minimum absolute atomic E-state index is 0. The van der Waals surface area contributed by atoms with Crippen LogP contribution in [0.5, 0.6) is 5.75 Å². The molecule has 1 aromatic rings. The molecular weight excluding hydrogens is 326 g/mol. The number of hydrogen-bond acceptors (Lipinski definition) is 4. The number of halogens is 1. The van der Waals surface area contributed by atoms with Crippen LogP contribution in [-0.2, 0) is 4.79 Å². The van der Waals surface area contributed by atoms with E-state index in [1.165, 1.54) is 0 Å². The molecule has 1 aromatic carbocycles. The SMILES string of the molecule is Cl.O=C(C1CCOc2ccccc21)N1CCC(N2CCNCC2)C1. The first-order chi connectivity index (χ1) is 11.3. The molecule has 6 heteroatoms. The van der Waals surface area contributed by atoms with E-state index in [1.807, 2.05) is 24.3 Å². The number of para-hydroxylation sites is 1. The fourth-order valence-electron chi connectivity index (χ4n) is 4.11. The minimum atomic E-state index is -0.0262. The number of carbonyl (C=O) groups is 1. The topological polar surface area (TPSA) is 44.8 Å². The first-order valence-corrected chi connectivity index (χ1v) is 8.78. The first-order valence-electron chi connectivity index (χ1n) is 8.78. The summed E-state index contributed by atoms with van der Waals surface area (Å²) in [7, 11) is 0. The lowest BCUT2D eigenvalue weighted by Gasteiger charge is -2.33. The van der Waals surface area contributed by atoms with Gasteiger partial charge < -0.3 is 15.0 Å². The Bertz CT molecular complexity index is 577. The number of carbonyl (C=O) groups excluding carboxylic acids is 1. The third-order valence-electron chi connectivity index (χ3n) is 5.40. The Balaban J connectivity index is 0.00000169. The quantitative estimate of drug-likeness (QED) is 0.876. The zero-order valence-electron chi connectivity index (χ0n) is 13.9. The molecule has 1 N–H and O–H groups in total. The van der Waals surface area contributed by atoms with Crippen LogP contribution < -0.4 is 10.1 Å². The van der Waals surface area contributed by atoms with Crippen molar-refractivity contribution in [1.29, 1.82) is 0 Å². The second-order valence-corrected chi connectivity index (χ2v) is 6.74. The minimum Gasteiger partial charge on any atom is -0.493 e. The summed E-state index contributed by atoms with van der Waals surface area (Å²) in [5, 5.41) is 3.40. The smallest absolute Gasteiger partial charge is 0.230 e. The van der Waals surface area contributed by atoms with Crippen molar-refractivity contribution < 1.29 is 9.53 Å². The molecule has 0 aliphatic carbocycles. The fourth-order valence-corrected chi connectivity index (χ4v) is 4.11. The molecule has 24 heavy (non-hydrogen) atoms. The number of nitrogens with zero attached hydrogens (tertiary/aromatic N) is 2. The second kappa shape index (κ2) is 7.72. The number of nitrogens with one attached hydrogen (secondary N) is 1. The molecule has 3 heterocycles. The highest BCUT2D eigenvalue weighted by atomic mass is 35.5. The third-order valence-corrected chi connectivity index (χ3v) is 5.40. The lowest BCUT2D eigenvalue weighted by atomic mass is 9.92. The Hall–Kier alpha value is -1.30. The summed E-state index contributed by atoms with van der Waals surface area (Å²) in [6.07, 6.45) is 1.90. The first kappa shape index (κ1) is 17.5. The van der Waals surface area contributed by atoms with Gasteiger partial charge in [0.05, 0.1) is 12.5 Å². The zero-order chi connectivity index (χ0) is 15.6. The van der Waals surface area contributed by atoms with Crippen LogP contribution in [0.2, 0.25) is 0 Å². The molecule has 3 aliphatic heterocycles. The van der Waals surface area contributed by atoms with Crippen molar-refractivity contribution in [3.8, 4) is 5.75 Å². The molecule has 132 valence electrons. The molecule has 0 aromatic heterocycles. The number of benzene rings is 1. The van der Waals surface area contributed by atoms with Crippen LogP contribution in [-0.4, -0.2) is 67.6 Å².